The minimum Gasteiger partial charge on any atom is -0.465 e. The van der Waals surface area contributed by atoms with Gasteiger partial charge in [0, 0.05) is 11.7 Å². The summed E-state index contributed by atoms with van der Waals surface area (Å²) in [6.45, 7) is 2.09. The molecule has 0 radical (unpaired) electrons. The quantitative estimate of drug-likeness (QED) is 0.647. The normalized spacial score (nSPS) is 16.8. The zero-order valence-electron chi connectivity index (χ0n) is 14.1. The number of furan rings is 1. The number of nitrogens with zero attached hydrogens (tertiary/aromatic N) is 1. The predicted molar refractivity (Wildman–Crippen MR) is 100 cm³/mol. The van der Waals surface area contributed by atoms with Crippen LogP contribution in [0.5, 0.6) is 0 Å². The Morgan fingerprint density at radius 3 is 2.56 bits per heavy atom. The molecule has 4 rings (SSSR count). The molecule has 0 N–H and O–H groups in total. The molecule has 3 heteroatoms. The summed E-state index contributed by atoms with van der Waals surface area (Å²) in [5, 5.41) is 0. The van der Waals surface area contributed by atoms with Gasteiger partial charge in [-0.3, -0.25) is 4.79 Å². The maximum atomic E-state index is 13.5. The lowest BCUT2D eigenvalue weighted by molar-refractivity contribution is -0.113. The summed E-state index contributed by atoms with van der Waals surface area (Å²) in [7, 11) is 0. The molecule has 0 aliphatic carbocycles. The minimum atomic E-state index is 0.0000463. The molecule has 0 saturated carbocycles. The van der Waals surface area contributed by atoms with Crippen molar-refractivity contribution in [2.24, 2.45) is 0 Å². The van der Waals surface area contributed by atoms with Crippen LogP contribution in [0.25, 0.3) is 11.6 Å². The summed E-state index contributed by atoms with van der Waals surface area (Å²) < 4.78 is 5.45. The first-order valence-electron chi connectivity index (χ1n) is 8.46. The first-order valence-corrected chi connectivity index (χ1v) is 8.46. The first kappa shape index (κ1) is 15.5. The van der Waals surface area contributed by atoms with E-state index in [0.717, 1.165) is 17.7 Å². The molecule has 0 saturated heterocycles. The van der Waals surface area contributed by atoms with Gasteiger partial charge in [-0.15, -0.1) is 0 Å². The molecule has 1 aromatic heterocycles. The molecule has 1 amide bonds. The number of fused-ring (bicyclic) bond motifs is 1. The number of rotatable bonds is 3. The van der Waals surface area contributed by atoms with E-state index in [1.54, 1.807) is 6.26 Å². The molecular weight excluding hydrogens is 310 g/mol. The van der Waals surface area contributed by atoms with E-state index in [4.69, 9.17) is 4.42 Å². The Hall–Kier alpha value is -3.07. The van der Waals surface area contributed by atoms with E-state index in [1.165, 1.54) is 5.56 Å². The highest BCUT2D eigenvalue weighted by Crippen LogP contribution is 2.35. The number of hydrogen-bond acceptors (Lipinski definition) is 2. The fourth-order valence-electron chi connectivity index (χ4n) is 3.41. The summed E-state index contributed by atoms with van der Waals surface area (Å²) in [6, 6.07) is 21.7. The molecule has 124 valence electrons. The Morgan fingerprint density at radius 1 is 1.04 bits per heavy atom. The number of carbonyl (C=O) groups excluding carboxylic acids is 1. The van der Waals surface area contributed by atoms with Gasteiger partial charge in [-0.2, -0.15) is 0 Å². The van der Waals surface area contributed by atoms with Crippen molar-refractivity contribution < 1.29 is 9.21 Å². The van der Waals surface area contributed by atoms with Crippen molar-refractivity contribution in [3.63, 3.8) is 0 Å². The van der Waals surface area contributed by atoms with Gasteiger partial charge in [0.25, 0.3) is 5.91 Å². The lowest BCUT2D eigenvalue weighted by Crippen LogP contribution is -2.36. The molecule has 0 bridgehead atoms. The number of anilines is 1. The molecule has 1 atom stereocenters. The minimum absolute atomic E-state index is 0.0000463. The zero-order valence-corrected chi connectivity index (χ0v) is 14.1. The number of amides is 1. The lowest BCUT2D eigenvalue weighted by Gasteiger charge is -2.24. The summed E-state index contributed by atoms with van der Waals surface area (Å²) in [6.07, 6.45) is 4.32. The summed E-state index contributed by atoms with van der Waals surface area (Å²) in [5.74, 6) is 0.674. The van der Waals surface area contributed by atoms with Gasteiger partial charge in [0.2, 0.25) is 0 Å². The van der Waals surface area contributed by atoms with Crippen LogP contribution in [-0.4, -0.2) is 11.9 Å². The second kappa shape index (κ2) is 6.44. The van der Waals surface area contributed by atoms with Crippen molar-refractivity contribution >= 4 is 23.2 Å². The topological polar surface area (TPSA) is 33.5 Å². The van der Waals surface area contributed by atoms with Gasteiger partial charge in [0.15, 0.2) is 0 Å². The van der Waals surface area contributed by atoms with Gasteiger partial charge in [-0.05, 0) is 48.7 Å². The van der Waals surface area contributed by atoms with Crippen molar-refractivity contribution in [1.82, 2.24) is 0 Å². The second-order valence-electron chi connectivity index (χ2n) is 6.30. The van der Waals surface area contributed by atoms with E-state index in [-0.39, 0.29) is 11.9 Å². The highest BCUT2D eigenvalue weighted by molar-refractivity contribution is 6.30. The van der Waals surface area contributed by atoms with Crippen molar-refractivity contribution in [1.29, 1.82) is 0 Å². The SMILES string of the molecule is CC1Cc2ccccc2N1C(=O)/C(=C/c1ccco1)c1ccccc1. The van der Waals surface area contributed by atoms with Crippen molar-refractivity contribution in [2.75, 3.05) is 4.90 Å². The molecule has 3 aromatic rings. The van der Waals surface area contributed by atoms with Crippen molar-refractivity contribution in [3.8, 4) is 0 Å². The molecule has 3 nitrogen and oxygen atoms in total. The highest BCUT2D eigenvalue weighted by Gasteiger charge is 2.32. The van der Waals surface area contributed by atoms with E-state index < -0.39 is 0 Å². The Morgan fingerprint density at radius 2 is 1.80 bits per heavy atom. The first-order chi connectivity index (χ1) is 12.2. The average Bonchev–Trinajstić information content (AvgIpc) is 3.26. The molecule has 0 spiro atoms. The summed E-state index contributed by atoms with van der Waals surface area (Å²) in [4.78, 5) is 15.4. The van der Waals surface area contributed by atoms with Gasteiger partial charge in [-0.25, -0.2) is 0 Å². The van der Waals surface area contributed by atoms with Crippen molar-refractivity contribution in [2.45, 2.75) is 19.4 Å². The highest BCUT2D eigenvalue weighted by atomic mass is 16.3. The monoisotopic (exact) mass is 329 g/mol. The van der Waals surface area contributed by atoms with Crippen LogP contribution in [0.15, 0.2) is 77.4 Å². The van der Waals surface area contributed by atoms with Gasteiger partial charge < -0.3 is 9.32 Å². The molecule has 1 aliphatic heterocycles. The summed E-state index contributed by atoms with van der Waals surface area (Å²) >= 11 is 0. The fourth-order valence-corrected chi connectivity index (χ4v) is 3.41. The fraction of sp³-hybridized carbons (Fsp3) is 0.136. The van der Waals surface area contributed by atoms with Gasteiger partial charge >= 0.3 is 0 Å². The number of carbonyl (C=O) groups is 1. The third kappa shape index (κ3) is 2.89. The molecule has 1 aliphatic rings. The van der Waals surface area contributed by atoms with Gasteiger partial charge in [-0.1, -0.05) is 48.5 Å². The standard InChI is InChI=1S/C22H19NO2/c1-16-14-18-10-5-6-12-21(18)23(16)22(24)20(15-19-11-7-13-25-19)17-8-3-2-4-9-17/h2-13,15-16H,14H2,1H3/b20-15+. The van der Waals surface area contributed by atoms with Crippen LogP contribution in [0.4, 0.5) is 5.69 Å². The van der Waals surface area contributed by atoms with E-state index in [2.05, 4.69) is 13.0 Å². The van der Waals surface area contributed by atoms with E-state index >= 15 is 0 Å². The molecular formula is C22H19NO2. The van der Waals surface area contributed by atoms with Crippen LogP contribution in [0.3, 0.4) is 0 Å². The van der Waals surface area contributed by atoms with Crippen LogP contribution in [0.1, 0.15) is 23.8 Å². The van der Waals surface area contributed by atoms with E-state index in [1.807, 2.05) is 71.6 Å². The van der Waals surface area contributed by atoms with Crippen LogP contribution >= 0.6 is 0 Å². The molecule has 25 heavy (non-hydrogen) atoms. The van der Waals surface area contributed by atoms with E-state index in [9.17, 15) is 4.79 Å². The van der Waals surface area contributed by atoms with Gasteiger partial charge in [0.05, 0.1) is 11.8 Å². The predicted octanol–water partition coefficient (Wildman–Crippen LogP) is 4.80. The van der Waals surface area contributed by atoms with Crippen LogP contribution in [-0.2, 0) is 11.2 Å². The third-order valence-corrected chi connectivity index (χ3v) is 4.57. The van der Waals surface area contributed by atoms with Crippen LogP contribution < -0.4 is 4.90 Å². The Kier molecular flexibility index (Phi) is 3.98. The Labute approximate surface area is 147 Å². The lowest BCUT2D eigenvalue weighted by atomic mass is 10.0. The number of para-hydroxylation sites is 1. The number of benzene rings is 2. The third-order valence-electron chi connectivity index (χ3n) is 4.57. The molecule has 2 heterocycles. The Balaban J connectivity index is 1.79. The maximum absolute atomic E-state index is 13.5. The average molecular weight is 329 g/mol. The largest absolute Gasteiger partial charge is 0.465 e. The van der Waals surface area contributed by atoms with E-state index in [0.29, 0.717) is 11.3 Å². The van der Waals surface area contributed by atoms with Crippen LogP contribution in [0.2, 0.25) is 0 Å². The van der Waals surface area contributed by atoms with Crippen molar-refractivity contribution in [3.05, 3.63) is 89.9 Å². The smallest absolute Gasteiger partial charge is 0.259 e. The van der Waals surface area contributed by atoms with Crippen LogP contribution in [0, 0.1) is 0 Å². The Bertz CT molecular complexity index is 910. The molecule has 2 aromatic carbocycles. The summed E-state index contributed by atoms with van der Waals surface area (Å²) in [5.41, 5.74) is 3.75. The number of hydrogen-bond donors (Lipinski definition) is 0. The maximum Gasteiger partial charge on any atom is 0.259 e. The molecule has 1 unspecified atom stereocenters. The van der Waals surface area contributed by atoms with Gasteiger partial charge in [0.1, 0.15) is 5.76 Å². The second-order valence-corrected chi connectivity index (χ2v) is 6.30. The zero-order chi connectivity index (χ0) is 17.2. The molecule has 0 fully saturated rings.